The van der Waals surface area contributed by atoms with Crippen LogP contribution >= 0.6 is 23.2 Å². The van der Waals surface area contributed by atoms with Crippen molar-refractivity contribution < 1.29 is 49.0 Å². The monoisotopic (exact) mass is 736 g/mol. The van der Waals surface area contributed by atoms with Gasteiger partial charge in [-0.3, -0.25) is 0 Å². The molecule has 0 amide bonds. The van der Waals surface area contributed by atoms with Gasteiger partial charge in [0.15, 0.2) is 0 Å². The van der Waals surface area contributed by atoms with Crippen LogP contribution in [0.4, 0.5) is 0 Å². The van der Waals surface area contributed by atoms with Gasteiger partial charge in [-0.2, -0.15) is 53.1 Å². The summed E-state index contributed by atoms with van der Waals surface area (Å²) in [5, 5.41) is 1.53. The van der Waals surface area contributed by atoms with Crippen molar-refractivity contribution in [3.05, 3.63) is 159 Å². The van der Waals surface area contributed by atoms with Crippen LogP contribution in [0.15, 0.2) is 109 Å². The van der Waals surface area contributed by atoms with Crippen molar-refractivity contribution in [3.63, 3.8) is 0 Å². The predicted octanol–water partition coefficient (Wildman–Crippen LogP) is 5.22. The summed E-state index contributed by atoms with van der Waals surface area (Å²) in [6, 6.07) is 40.8. The van der Waals surface area contributed by atoms with Crippen LogP contribution in [0.5, 0.6) is 0 Å². The summed E-state index contributed by atoms with van der Waals surface area (Å²) < 4.78 is 1.31. The molecule has 1 aliphatic rings. The van der Waals surface area contributed by atoms with Crippen molar-refractivity contribution in [2.45, 2.75) is 58.8 Å². The van der Waals surface area contributed by atoms with Crippen molar-refractivity contribution in [2.75, 3.05) is 0 Å². The molecular formula is C39H38Cl4Zr-2. The first kappa shape index (κ1) is 38.3. The van der Waals surface area contributed by atoms with Crippen molar-refractivity contribution in [3.8, 4) is 11.1 Å². The van der Waals surface area contributed by atoms with Gasteiger partial charge < -0.3 is 24.8 Å². The molecule has 228 valence electrons. The minimum atomic E-state index is 0. The second-order valence-electron chi connectivity index (χ2n) is 11.6. The summed E-state index contributed by atoms with van der Waals surface area (Å²) in [7, 11) is 0. The van der Waals surface area contributed by atoms with E-state index in [4.69, 9.17) is 23.2 Å². The Labute approximate surface area is 301 Å². The van der Waals surface area contributed by atoms with E-state index >= 15 is 0 Å². The van der Waals surface area contributed by atoms with Gasteiger partial charge in [0.05, 0.1) is 0 Å². The van der Waals surface area contributed by atoms with E-state index in [1.54, 1.807) is 0 Å². The third-order valence-corrected chi connectivity index (χ3v) is 9.31. The molecule has 5 heteroatoms. The van der Waals surface area contributed by atoms with Gasteiger partial charge in [-0.25, -0.2) is 6.07 Å². The minimum Gasteiger partial charge on any atom is -1.00 e. The third kappa shape index (κ3) is 10.9. The molecule has 5 aromatic rings. The number of hydrogen-bond acceptors (Lipinski definition) is 0. The average Bonchev–Trinajstić information content (AvgIpc) is 3.63. The second-order valence-corrected chi connectivity index (χ2v) is 13.7. The van der Waals surface area contributed by atoms with E-state index in [1.807, 2.05) is 54.6 Å². The molecule has 1 aliphatic carbocycles. The van der Waals surface area contributed by atoms with E-state index in [9.17, 15) is 0 Å². The topological polar surface area (TPSA) is 0 Å². The van der Waals surface area contributed by atoms with Crippen LogP contribution < -0.4 is 24.8 Å². The molecule has 0 aliphatic heterocycles. The number of halogens is 4. The molecule has 0 bridgehead atoms. The van der Waals surface area contributed by atoms with E-state index in [0.29, 0.717) is 5.41 Å². The first-order valence-corrected chi connectivity index (χ1v) is 16.6. The Morgan fingerprint density at radius 3 is 1.93 bits per heavy atom. The number of fused-ring (bicyclic) bond motifs is 3. The molecule has 0 N–H and O–H groups in total. The van der Waals surface area contributed by atoms with Gasteiger partial charge in [0.25, 0.3) is 0 Å². The zero-order chi connectivity index (χ0) is 30.1. The Balaban J connectivity index is 0.000000227. The summed E-state index contributed by atoms with van der Waals surface area (Å²) in [6.07, 6.45) is 4.89. The Bertz CT molecular complexity index is 1500. The molecule has 0 saturated heterocycles. The molecule has 0 heterocycles. The van der Waals surface area contributed by atoms with E-state index in [-0.39, 0.29) is 24.8 Å². The normalized spacial score (nSPS) is 10.9. The molecule has 6 rings (SSSR count). The molecule has 0 fully saturated rings. The number of aryl methyl sites for hydroxylation is 1. The molecule has 0 nitrogen and oxygen atoms in total. The SMILES string of the molecule is CCCCc1cc(C(C)(C)C)c[cH-]1.Clc1ccc([C](=[Zr+2])c2ccc(Cl)cc2)cc1.[Cl-].[Cl-].[c-]1cccc2c1Cc1ccccc1-2. The van der Waals surface area contributed by atoms with Gasteiger partial charge in [0.1, 0.15) is 0 Å². The molecular weight excluding hydrogens is 701 g/mol. The summed E-state index contributed by atoms with van der Waals surface area (Å²) in [6.45, 7) is 9.05. The van der Waals surface area contributed by atoms with Crippen molar-refractivity contribution >= 4 is 26.4 Å². The van der Waals surface area contributed by atoms with Crippen LogP contribution in [0, 0.1) is 6.07 Å². The summed E-state index contributed by atoms with van der Waals surface area (Å²) >= 11 is 13.1. The van der Waals surface area contributed by atoms with E-state index in [2.05, 4.69) is 88.4 Å². The Morgan fingerprint density at radius 1 is 0.818 bits per heavy atom. The van der Waals surface area contributed by atoms with Crippen molar-refractivity contribution in [1.29, 1.82) is 0 Å². The van der Waals surface area contributed by atoms with Crippen LogP contribution in [0.2, 0.25) is 10.0 Å². The summed E-state index contributed by atoms with van der Waals surface area (Å²) in [4.78, 5) is 0. The fourth-order valence-corrected chi connectivity index (χ4v) is 5.96. The van der Waals surface area contributed by atoms with Crippen molar-refractivity contribution in [2.24, 2.45) is 0 Å². The van der Waals surface area contributed by atoms with Crippen LogP contribution in [-0.4, -0.2) is 3.21 Å². The average molecular weight is 740 g/mol. The van der Waals surface area contributed by atoms with Gasteiger partial charge in [0, 0.05) is 0 Å². The van der Waals surface area contributed by atoms with Crippen LogP contribution in [0.25, 0.3) is 11.1 Å². The standard InChI is InChI=1S/C13H8Cl2.C13H9.C13H21.2ClH.Zr/c14-12-5-1-10(2-6-12)9-11-3-7-13(15)8-4-11;1-3-7-12-10(5-1)9-11-6-2-4-8-13(11)12;1-5-6-7-11-8-9-12(10-11)13(2,3)4;;;/h1-8H;1-5,7-8H,9H2;8-10H,5-7H2,1-4H3;2*1H;/q;2*-1;;;+2/p-2. The Hall–Kier alpha value is -1.86. The molecule has 0 saturated carbocycles. The predicted molar refractivity (Wildman–Crippen MR) is 179 cm³/mol. The van der Waals surface area contributed by atoms with Crippen LogP contribution in [0.1, 0.15) is 73.9 Å². The van der Waals surface area contributed by atoms with E-state index < -0.39 is 0 Å². The smallest absolute Gasteiger partial charge is 0.0253 e. The van der Waals surface area contributed by atoms with Gasteiger partial charge in [-0.15, -0.1) is 5.56 Å². The molecule has 5 aromatic carbocycles. The third-order valence-electron chi connectivity index (χ3n) is 7.39. The van der Waals surface area contributed by atoms with Gasteiger partial charge in [-0.1, -0.05) is 87.8 Å². The van der Waals surface area contributed by atoms with E-state index in [1.165, 1.54) is 91.2 Å². The molecule has 0 radical (unpaired) electrons. The number of hydrogen-bond donors (Lipinski definition) is 0. The fraction of sp³-hybridized carbons (Fsp3) is 0.231. The molecule has 0 unspecified atom stereocenters. The largest absolute Gasteiger partial charge is 1.00 e. The fourth-order valence-electron chi connectivity index (χ4n) is 4.89. The van der Waals surface area contributed by atoms with Gasteiger partial charge in [-0.05, 0) is 6.42 Å². The zero-order valence-electron chi connectivity index (χ0n) is 25.7. The number of rotatable bonds is 5. The second kappa shape index (κ2) is 18.3. The van der Waals surface area contributed by atoms with Gasteiger partial charge >= 0.3 is 120 Å². The summed E-state index contributed by atoms with van der Waals surface area (Å²) in [5.74, 6) is 0. The van der Waals surface area contributed by atoms with Gasteiger partial charge in [0.2, 0.25) is 0 Å². The molecule has 44 heavy (non-hydrogen) atoms. The molecule has 0 aromatic heterocycles. The Kier molecular flexibility index (Phi) is 16.0. The first-order chi connectivity index (χ1) is 20.2. The number of benzene rings is 4. The van der Waals surface area contributed by atoms with Crippen LogP contribution in [0.3, 0.4) is 0 Å². The first-order valence-electron chi connectivity index (χ1n) is 14.6. The minimum absolute atomic E-state index is 0. The maximum absolute atomic E-state index is 5.86. The van der Waals surface area contributed by atoms with E-state index in [0.717, 1.165) is 16.5 Å². The number of unbranched alkanes of at least 4 members (excludes halogenated alkanes) is 1. The van der Waals surface area contributed by atoms with Crippen molar-refractivity contribution in [1.82, 2.24) is 0 Å². The molecule has 0 atom stereocenters. The quantitative estimate of drug-likeness (QED) is 0.213. The maximum Gasteiger partial charge on any atom is -0.0253 e. The van der Waals surface area contributed by atoms with Crippen LogP contribution in [-0.2, 0) is 42.5 Å². The maximum atomic E-state index is 5.86. The zero-order valence-corrected chi connectivity index (χ0v) is 31.2. The Morgan fingerprint density at radius 2 is 1.39 bits per heavy atom. The summed E-state index contributed by atoms with van der Waals surface area (Å²) in [5.41, 5.74) is 11.2. The molecule has 0 spiro atoms.